The Bertz CT molecular complexity index is 1850. The molecule has 3 N–H and O–H groups in total. The van der Waals surface area contributed by atoms with Gasteiger partial charge in [0, 0.05) is 25.7 Å². The largest absolute Gasteiger partial charge is 0.472 e. The molecule has 0 aliphatic heterocycles. The molecule has 17 nitrogen and oxygen atoms in total. The highest BCUT2D eigenvalue weighted by molar-refractivity contribution is 7.47. The van der Waals surface area contributed by atoms with Crippen LogP contribution < -0.4 is 0 Å². The molecule has 0 radical (unpaired) electrons. The van der Waals surface area contributed by atoms with Crippen molar-refractivity contribution in [1.82, 2.24) is 0 Å². The summed E-state index contributed by atoms with van der Waals surface area (Å²) in [4.78, 5) is 72.8. The molecule has 0 amide bonds. The van der Waals surface area contributed by atoms with Crippen LogP contribution in [0.5, 0.6) is 0 Å². The lowest BCUT2D eigenvalue weighted by Gasteiger charge is -2.21. The highest BCUT2D eigenvalue weighted by atomic mass is 31.2. The fourth-order valence-corrected chi connectivity index (χ4v) is 12.9. The summed E-state index contributed by atoms with van der Waals surface area (Å²) in [6, 6.07) is 0. The topological polar surface area (TPSA) is 237 Å². The minimum Gasteiger partial charge on any atom is -0.462 e. The normalized spacial score (nSPS) is 14.4. The summed E-state index contributed by atoms with van der Waals surface area (Å²) in [7, 11) is -9.91. The molecule has 0 aromatic carbocycles. The molecule has 0 aliphatic rings. The van der Waals surface area contributed by atoms with Crippen LogP contribution in [0, 0.1) is 23.7 Å². The summed E-state index contributed by atoms with van der Waals surface area (Å²) in [5.74, 6) is 0.925. The predicted molar refractivity (Wildman–Crippen MR) is 381 cm³/mol. The van der Waals surface area contributed by atoms with Gasteiger partial charge < -0.3 is 33.8 Å². The number of aliphatic hydroxyl groups excluding tert-OH is 1. The first-order chi connectivity index (χ1) is 45.1. The molecule has 558 valence electrons. The van der Waals surface area contributed by atoms with Gasteiger partial charge in [-0.2, -0.15) is 0 Å². The van der Waals surface area contributed by atoms with Crippen LogP contribution in [0.15, 0.2) is 0 Å². The first-order valence-electron chi connectivity index (χ1n) is 38.7. The summed E-state index contributed by atoms with van der Waals surface area (Å²) >= 11 is 0. The van der Waals surface area contributed by atoms with Crippen molar-refractivity contribution >= 4 is 39.5 Å². The average Bonchev–Trinajstić information content (AvgIpc) is 1.87. The number of hydrogen-bond donors (Lipinski definition) is 3. The molecule has 19 heteroatoms. The van der Waals surface area contributed by atoms with Crippen molar-refractivity contribution in [2.75, 3.05) is 39.6 Å². The van der Waals surface area contributed by atoms with Crippen LogP contribution >= 0.6 is 15.6 Å². The van der Waals surface area contributed by atoms with Gasteiger partial charge in [-0.1, -0.05) is 325 Å². The standard InChI is InChI=1S/C75H146O17P2/c1-9-68(8)54-46-38-33-34-40-48-56-73(78)86-62-71(92-75(80)58-50-42-32-26-20-19-23-29-37-45-53-67(6)7)64-90-94(83,84)88-60-69(76)59-87-93(81,82)89-63-70(91-74(79)57-49-41-31-25-18-14-16-22-28-36-44-52-66(4)5)61-85-72(77)55-47-39-30-24-17-13-11-10-12-15-21-27-35-43-51-65(2)3/h65-71,76H,9-64H2,1-8H3,(H,81,82)(H,83,84)/t68?,69-,70-,71-/m1/s1. The number of rotatable bonds is 72. The van der Waals surface area contributed by atoms with Crippen molar-refractivity contribution in [3.05, 3.63) is 0 Å². The third-order valence-corrected chi connectivity index (χ3v) is 19.6. The Balaban J connectivity index is 5.25. The van der Waals surface area contributed by atoms with Gasteiger partial charge in [0.05, 0.1) is 26.4 Å². The average molecular weight is 1380 g/mol. The van der Waals surface area contributed by atoms with Crippen LogP contribution in [-0.2, 0) is 65.4 Å². The van der Waals surface area contributed by atoms with Gasteiger partial charge in [-0.3, -0.25) is 37.3 Å². The lowest BCUT2D eigenvalue weighted by Crippen LogP contribution is -2.30. The van der Waals surface area contributed by atoms with E-state index in [1.807, 2.05) is 0 Å². The van der Waals surface area contributed by atoms with Crippen molar-refractivity contribution in [2.45, 2.75) is 395 Å². The molecule has 94 heavy (non-hydrogen) atoms. The quantitative estimate of drug-likeness (QED) is 0.0222. The maximum absolute atomic E-state index is 13.1. The fourth-order valence-electron chi connectivity index (χ4n) is 11.3. The molecule has 0 saturated heterocycles. The van der Waals surface area contributed by atoms with Crippen molar-refractivity contribution < 1.29 is 80.2 Å². The van der Waals surface area contributed by atoms with Crippen molar-refractivity contribution in [2.24, 2.45) is 23.7 Å². The van der Waals surface area contributed by atoms with Gasteiger partial charge in [0.15, 0.2) is 12.2 Å². The van der Waals surface area contributed by atoms with Crippen LogP contribution in [0.25, 0.3) is 0 Å². The predicted octanol–water partition coefficient (Wildman–Crippen LogP) is 21.7. The summed E-state index contributed by atoms with van der Waals surface area (Å²) in [5, 5.41) is 10.6. The number of phosphoric acid groups is 2. The van der Waals surface area contributed by atoms with Gasteiger partial charge in [0.1, 0.15) is 19.3 Å². The maximum atomic E-state index is 13.1. The first-order valence-corrected chi connectivity index (χ1v) is 41.7. The smallest absolute Gasteiger partial charge is 0.462 e. The molecule has 0 spiro atoms. The van der Waals surface area contributed by atoms with Crippen LogP contribution in [-0.4, -0.2) is 96.7 Å². The molecular formula is C75H146O17P2. The lowest BCUT2D eigenvalue weighted by molar-refractivity contribution is -0.161. The van der Waals surface area contributed by atoms with E-state index in [1.54, 1.807) is 0 Å². The molecule has 0 aromatic rings. The molecule has 0 rings (SSSR count). The zero-order chi connectivity index (χ0) is 69.6. The lowest BCUT2D eigenvalue weighted by atomic mass is 10.00. The van der Waals surface area contributed by atoms with E-state index in [2.05, 4.69) is 55.4 Å². The van der Waals surface area contributed by atoms with E-state index in [0.29, 0.717) is 25.7 Å². The van der Waals surface area contributed by atoms with Gasteiger partial charge in [-0.15, -0.1) is 0 Å². The van der Waals surface area contributed by atoms with Crippen molar-refractivity contribution in [3.63, 3.8) is 0 Å². The summed E-state index contributed by atoms with van der Waals surface area (Å²) < 4.78 is 68.5. The number of phosphoric ester groups is 2. The Hall–Kier alpha value is -1.94. The molecule has 0 aliphatic carbocycles. The van der Waals surface area contributed by atoms with Gasteiger partial charge in [-0.05, 0) is 49.4 Å². The number of unbranched alkanes of at least 4 members (excludes halogenated alkanes) is 37. The van der Waals surface area contributed by atoms with E-state index in [4.69, 9.17) is 37.0 Å². The zero-order valence-electron chi connectivity index (χ0n) is 61.6. The zero-order valence-corrected chi connectivity index (χ0v) is 63.4. The minimum atomic E-state index is -4.96. The number of carbonyl (C=O) groups is 4. The third-order valence-electron chi connectivity index (χ3n) is 17.7. The Labute approximate surface area is 575 Å². The van der Waals surface area contributed by atoms with Gasteiger partial charge >= 0.3 is 39.5 Å². The van der Waals surface area contributed by atoms with E-state index in [-0.39, 0.29) is 25.7 Å². The highest BCUT2D eigenvalue weighted by Crippen LogP contribution is 2.45. The number of esters is 4. The van der Waals surface area contributed by atoms with E-state index >= 15 is 0 Å². The maximum Gasteiger partial charge on any atom is 0.472 e. The van der Waals surface area contributed by atoms with Crippen LogP contribution in [0.2, 0.25) is 0 Å². The number of ether oxygens (including phenoxy) is 4. The Morgan fingerprint density at radius 2 is 0.511 bits per heavy atom. The summed E-state index contributed by atoms with van der Waals surface area (Å²) in [5.41, 5.74) is 0. The first kappa shape index (κ1) is 92.1. The van der Waals surface area contributed by atoms with Crippen molar-refractivity contribution in [3.8, 4) is 0 Å². The van der Waals surface area contributed by atoms with Gasteiger partial charge in [0.2, 0.25) is 0 Å². The molecule has 0 bridgehead atoms. The minimum absolute atomic E-state index is 0.105. The SMILES string of the molecule is CCC(C)CCCCCCCCC(=O)OC[C@H](COP(=O)(O)OC[C@H](O)COP(=O)(O)OC[C@@H](COC(=O)CCCCCCCCCCCCCCCCC(C)C)OC(=O)CCCCCCCCCCCCCC(C)C)OC(=O)CCCCCCCCCCCCC(C)C. The Kier molecular flexibility index (Phi) is 63.1. The molecular weight excluding hydrogens is 1230 g/mol. The van der Waals surface area contributed by atoms with Crippen molar-refractivity contribution in [1.29, 1.82) is 0 Å². The Morgan fingerprint density at radius 3 is 0.755 bits per heavy atom. The second kappa shape index (κ2) is 64.4. The molecule has 6 atom stereocenters. The van der Waals surface area contributed by atoms with E-state index < -0.39 is 97.5 Å². The third kappa shape index (κ3) is 67.3. The van der Waals surface area contributed by atoms with Gasteiger partial charge in [-0.25, -0.2) is 9.13 Å². The molecule has 0 heterocycles. The second-order valence-corrected chi connectivity index (χ2v) is 31.6. The van der Waals surface area contributed by atoms with E-state index in [9.17, 15) is 43.2 Å². The highest BCUT2D eigenvalue weighted by Gasteiger charge is 2.30. The Morgan fingerprint density at radius 1 is 0.298 bits per heavy atom. The summed E-state index contributed by atoms with van der Waals surface area (Å²) in [6.45, 7) is 14.2. The number of hydrogen-bond acceptors (Lipinski definition) is 15. The summed E-state index contributed by atoms with van der Waals surface area (Å²) in [6.07, 6.45) is 48.6. The number of aliphatic hydroxyl groups is 1. The molecule has 0 aromatic heterocycles. The molecule has 3 unspecified atom stereocenters. The van der Waals surface area contributed by atoms with Crippen LogP contribution in [0.1, 0.15) is 376 Å². The second-order valence-electron chi connectivity index (χ2n) is 28.7. The monoisotopic (exact) mass is 1380 g/mol. The molecule has 0 fully saturated rings. The molecule has 0 saturated carbocycles. The van der Waals surface area contributed by atoms with Gasteiger partial charge in [0.25, 0.3) is 0 Å². The van der Waals surface area contributed by atoms with Crippen LogP contribution in [0.4, 0.5) is 0 Å². The van der Waals surface area contributed by atoms with E-state index in [1.165, 1.54) is 173 Å². The van der Waals surface area contributed by atoms with E-state index in [0.717, 1.165) is 120 Å². The van der Waals surface area contributed by atoms with Crippen LogP contribution in [0.3, 0.4) is 0 Å². The fraction of sp³-hybridized carbons (Fsp3) is 0.947. The number of carbonyl (C=O) groups excluding carboxylic acids is 4.